The fourth-order valence-corrected chi connectivity index (χ4v) is 6.77. The molecule has 4 atom stereocenters. The molecule has 2 aromatic rings. The minimum absolute atomic E-state index is 0.00518. The molecule has 0 spiro atoms. The third-order valence-electron chi connectivity index (χ3n) is 8.11. The van der Waals surface area contributed by atoms with Crippen LogP contribution in [-0.4, -0.2) is 23.9 Å². The number of anilines is 2. The van der Waals surface area contributed by atoms with E-state index < -0.39 is 4.92 Å². The minimum Gasteiger partial charge on any atom is -0.370 e. The first-order chi connectivity index (χ1) is 15.1. The van der Waals surface area contributed by atoms with Crippen LogP contribution in [0.25, 0.3) is 0 Å². The Kier molecular flexibility index (Phi) is 4.30. The molecule has 1 N–H and O–H groups in total. The van der Waals surface area contributed by atoms with Gasteiger partial charge < -0.3 is 10.2 Å². The number of benzene rings is 2. The number of non-ortho nitro benzene ring substituents is 1. The van der Waals surface area contributed by atoms with Gasteiger partial charge in [0.05, 0.1) is 4.92 Å². The normalized spacial score (nSPS) is 27.9. The highest BCUT2D eigenvalue weighted by atomic mass is 16.6. The van der Waals surface area contributed by atoms with Crippen LogP contribution in [0.3, 0.4) is 0 Å². The molecule has 6 nitrogen and oxygen atoms in total. The third kappa shape index (κ3) is 3.03. The summed E-state index contributed by atoms with van der Waals surface area (Å²) >= 11 is 0. The monoisotopic (exact) mass is 417 g/mol. The maximum absolute atomic E-state index is 12.9. The molecule has 0 aromatic heterocycles. The first-order valence-electron chi connectivity index (χ1n) is 11.6. The van der Waals surface area contributed by atoms with Crippen molar-refractivity contribution >= 4 is 23.0 Å². The molecule has 4 unspecified atom stereocenters. The van der Waals surface area contributed by atoms with E-state index in [-0.39, 0.29) is 11.6 Å². The molecular weight excluding hydrogens is 390 g/mol. The second kappa shape index (κ2) is 7.08. The Hall–Kier alpha value is -2.89. The van der Waals surface area contributed by atoms with E-state index in [0.29, 0.717) is 17.4 Å². The molecule has 1 amide bonds. The van der Waals surface area contributed by atoms with Crippen molar-refractivity contribution in [1.82, 2.24) is 0 Å². The Morgan fingerprint density at radius 1 is 0.935 bits per heavy atom. The number of nitro groups is 1. The number of rotatable bonds is 3. The van der Waals surface area contributed by atoms with Gasteiger partial charge in [0.2, 0.25) is 0 Å². The molecule has 2 heterocycles. The fraction of sp³-hybridized carbons (Fsp3) is 0.480. The largest absolute Gasteiger partial charge is 0.370 e. The smallest absolute Gasteiger partial charge is 0.269 e. The van der Waals surface area contributed by atoms with E-state index in [2.05, 4.69) is 22.3 Å². The SMILES string of the molecule is O=C(Nc1cc2c3c(c1)C1CCCC1CN3CC1CCCC21)c1ccc([N+](=O)[O-])cc1. The summed E-state index contributed by atoms with van der Waals surface area (Å²) in [5.41, 5.74) is 5.66. The van der Waals surface area contributed by atoms with Crippen LogP contribution in [0.15, 0.2) is 36.4 Å². The number of hydrogen-bond acceptors (Lipinski definition) is 4. The lowest BCUT2D eigenvalue weighted by molar-refractivity contribution is -0.384. The third-order valence-corrected chi connectivity index (χ3v) is 8.11. The lowest BCUT2D eigenvalue weighted by Gasteiger charge is -2.46. The van der Waals surface area contributed by atoms with Gasteiger partial charge in [0.15, 0.2) is 0 Å². The van der Waals surface area contributed by atoms with E-state index in [0.717, 1.165) is 17.5 Å². The number of nitro benzene ring substituents is 1. The van der Waals surface area contributed by atoms with Crippen molar-refractivity contribution in [3.05, 3.63) is 63.2 Å². The Morgan fingerprint density at radius 3 is 2.06 bits per heavy atom. The molecule has 0 bridgehead atoms. The van der Waals surface area contributed by atoms with Gasteiger partial charge in [-0.15, -0.1) is 0 Å². The predicted molar refractivity (Wildman–Crippen MR) is 120 cm³/mol. The molecule has 2 aliphatic carbocycles. The van der Waals surface area contributed by atoms with Crippen LogP contribution in [-0.2, 0) is 0 Å². The van der Waals surface area contributed by atoms with E-state index in [9.17, 15) is 14.9 Å². The van der Waals surface area contributed by atoms with Gasteiger partial charge in [0, 0.05) is 42.2 Å². The van der Waals surface area contributed by atoms with Crippen molar-refractivity contribution in [2.75, 3.05) is 23.3 Å². The van der Waals surface area contributed by atoms with Crippen LogP contribution in [0, 0.1) is 22.0 Å². The summed E-state index contributed by atoms with van der Waals surface area (Å²) in [5.74, 6) is 2.48. The van der Waals surface area contributed by atoms with Crippen molar-refractivity contribution in [3.63, 3.8) is 0 Å². The van der Waals surface area contributed by atoms with Gasteiger partial charge in [0.25, 0.3) is 11.6 Å². The van der Waals surface area contributed by atoms with Crippen molar-refractivity contribution in [1.29, 1.82) is 0 Å². The number of nitrogens with one attached hydrogen (secondary N) is 1. The molecule has 6 rings (SSSR count). The molecular formula is C25H27N3O3. The molecule has 2 fully saturated rings. The zero-order chi connectivity index (χ0) is 21.1. The summed E-state index contributed by atoms with van der Waals surface area (Å²) in [6.45, 7) is 2.39. The molecule has 2 saturated carbocycles. The van der Waals surface area contributed by atoms with Gasteiger partial charge >= 0.3 is 0 Å². The first-order valence-corrected chi connectivity index (χ1v) is 11.6. The molecule has 0 saturated heterocycles. The highest BCUT2D eigenvalue weighted by molar-refractivity contribution is 6.04. The molecule has 4 aliphatic rings. The van der Waals surface area contributed by atoms with Crippen molar-refractivity contribution in [2.24, 2.45) is 11.8 Å². The van der Waals surface area contributed by atoms with Crippen LogP contribution < -0.4 is 10.2 Å². The average Bonchev–Trinajstić information content (AvgIpc) is 3.43. The standard InChI is InChI=1S/C25H27N3O3/c29-25(15-7-9-19(10-8-15)28(30)31)26-18-11-22-20-5-1-3-16(20)13-27-14-17-4-2-6-21(17)23(12-18)24(22)27/h7-12,16-17,20-21H,1-6,13-14H2,(H,26,29). The number of nitrogens with zero attached hydrogens (tertiary/aromatic N) is 2. The van der Waals surface area contributed by atoms with Crippen molar-refractivity contribution in [3.8, 4) is 0 Å². The highest BCUT2D eigenvalue weighted by Crippen LogP contribution is 2.56. The molecule has 6 heteroatoms. The number of hydrogen-bond donors (Lipinski definition) is 1. The van der Waals surface area contributed by atoms with Gasteiger partial charge in [-0.1, -0.05) is 12.8 Å². The maximum atomic E-state index is 12.9. The zero-order valence-electron chi connectivity index (χ0n) is 17.5. The molecule has 2 aromatic carbocycles. The summed E-state index contributed by atoms with van der Waals surface area (Å²) < 4.78 is 0. The second-order valence-corrected chi connectivity index (χ2v) is 9.76. The maximum Gasteiger partial charge on any atom is 0.269 e. The van der Waals surface area contributed by atoms with Gasteiger partial charge in [-0.2, -0.15) is 0 Å². The summed E-state index contributed by atoms with van der Waals surface area (Å²) in [5, 5.41) is 14.0. The van der Waals surface area contributed by atoms with Crippen LogP contribution in [0.4, 0.5) is 17.1 Å². The summed E-state index contributed by atoms with van der Waals surface area (Å²) in [6, 6.07) is 10.2. The van der Waals surface area contributed by atoms with Gasteiger partial charge in [-0.25, -0.2) is 0 Å². The Bertz CT molecular complexity index is 1020. The molecule has 0 radical (unpaired) electrons. The second-order valence-electron chi connectivity index (χ2n) is 9.76. The number of amides is 1. The lowest BCUT2D eigenvalue weighted by atomic mass is 9.75. The van der Waals surface area contributed by atoms with Crippen LogP contribution in [0.5, 0.6) is 0 Å². The quantitative estimate of drug-likeness (QED) is 0.532. The summed E-state index contributed by atoms with van der Waals surface area (Å²) in [7, 11) is 0. The first kappa shape index (κ1) is 18.8. The van der Waals surface area contributed by atoms with Gasteiger partial charge in [-0.05, 0) is 84.7 Å². The summed E-state index contributed by atoms with van der Waals surface area (Å²) in [4.78, 5) is 26.0. The van der Waals surface area contributed by atoms with Crippen LogP contribution in [0.1, 0.15) is 71.8 Å². The van der Waals surface area contributed by atoms with Crippen molar-refractivity contribution in [2.45, 2.75) is 50.4 Å². The van der Waals surface area contributed by atoms with E-state index in [4.69, 9.17) is 0 Å². The van der Waals surface area contributed by atoms with Crippen LogP contribution in [0.2, 0.25) is 0 Å². The summed E-state index contributed by atoms with van der Waals surface area (Å²) in [6.07, 6.45) is 7.71. The topological polar surface area (TPSA) is 75.5 Å². The van der Waals surface area contributed by atoms with E-state index in [1.165, 1.54) is 92.7 Å². The Balaban J connectivity index is 1.37. The van der Waals surface area contributed by atoms with Crippen LogP contribution >= 0.6 is 0 Å². The lowest BCUT2D eigenvalue weighted by Crippen LogP contribution is -2.43. The number of carbonyl (C=O) groups excluding carboxylic acids is 1. The van der Waals surface area contributed by atoms with E-state index >= 15 is 0 Å². The van der Waals surface area contributed by atoms with E-state index in [1.54, 1.807) is 0 Å². The Labute approximate surface area is 181 Å². The fourth-order valence-electron chi connectivity index (χ4n) is 6.77. The molecule has 2 aliphatic heterocycles. The number of fused-ring (bicyclic) bond motifs is 4. The molecule has 160 valence electrons. The zero-order valence-corrected chi connectivity index (χ0v) is 17.5. The predicted octanol–water partition coefficient (Wildman–Crippen LogP) is 5.45. The number of carbonyl (C=O) groups is 1. The average molecular weight is 418 g/mol. The van der Waals surface area contributed by atoms with Gasteiger partial charge in [0.1, 0.15) is 0 Å². The van der Waals surface area contributed by atoms with Gasteiger partial charge in [-0.3, -0.25) is 14.9 Å². The van der Waals surface area contributed by atoms with Crippen molar-refractivity contribution < 1.29 is 9.72 Å². The Morgan fingerprint density at radius 2 is 1.52 bits per heavy atom. The minimum atomic E-state index is -0.447. The van der Waals surface area contributed by atoms with E-state index in [1.807, 2.05) is 0 Å². The molecule has 31 heavy (non-hydrogen) atoms. The highest BCUT2D eigenvalue weighted by Gasteiger charge is 2.44.